The highest BCUT2D eigenvalue weighted by molar-refractivity contribution is 5.89. The van der Waals surface area contributed by atoms with Crippen LogP contribution < -0.4 is 0 Å². The molecule has 1 aliphatic rings. The first-order valence-electron chi connectivity index (χ1n) is 7.16. The van der Waals surface area contributed by atoms with E-state index in [2.05, 4.69) is 32.9 Å². The van der Waals surface area contributed by atoms with Gasteiger partial charge in [-0.2, -0.15) is 0 Å². The molecule has 1 fully saturated rings. The Morgan fingerprint density at radius 1 is 1.16 bits per heavy atom. The zero-order valence-corrected chi connectivity index (χ0v) is 12.2. The first-order valence-corrected chi connectivity index (χ1v) is 7.16. The topological polar surface area (TPSA) is 37.3 Å². The Morgan fingerprint density at radius 2 is 1.68 bits per heavy atom. The Labute approximate surface area is 115 Å². The number of aliphatic hydroxyl groups is 1. The molecule has 0 bridgehead atoms. The largest absolute Gasteiger partial charge is 0.382 e. The highest BCUT2D eigenvalue weighted by atomic mass is 16.3. The van der Waals surface area contributed by atoms with Crippen molar-refractivity contribution >= 4 is 5.78 Å². The van der Waals surface area contributed by atoms with Crippen LogP contribution in [0.3, 0.4) is 0 Å². The van der Waals surface area contributed by atoms with E-state index in [0.29, 0.717) is 19.3 Å². The smallest absolute Gasteiger partial charge is 0.168 e. The number of Topliss-reactive ketones (excluding diaryl/α,β-unsaturated/α-hetero) is 1. The molecule has 2 nitrogen and oxygen atoms in total. The molecule has 0 heterocycles. The molecule has 0 amide bonds. The molecule has 1 aromatic rings. The minimum absolute atomic E-state index is 0.0199. The van der Waals surface area contributed by atoms with Crippen LogP contribution in [0.4, 0.5) is 0 Å². The SMILES string of the molecule is CC(C)(C)c1ccc(CC(=O)C2(O)CCCC2)cc1. The third-order valence-corrected chi connectivity index (χ3v) is 4.13. The number of benzene rings is 1. The summed E-state index contributed by atoms with van der Waals surface area (Å²) < 4.78 is 0. The summed E-state index contributed by atoms with van der Waals surface area (Å²) in [7, 11) is 0. The quantitative estimate of drug-likeness (QED) is 0.904. The van der Waals surface area contributed by atoms with Gasteiger partial charge in [0.25, 0.3) is 0 Å². The third-order valence-electron chi connectivity index (χ3n) is 4.13. The van der Waals surface area contributed by atoms with Gasteiger partial charge in [0, 0.05) is 6.42 Å². The maximum atomic E-state index is 12.2. The van der Waals surface area contributed by atoms with Crippen molar-refractivity contribution in [3.63, 3.8) is 0 Å². The molecule has 2 rings (SSSR count). The first-order chi connectivity index (χ1) is 8.81. The van der Waals surface area contributed by atoms with Gasteiger partial charge in [-0.15, -0.1) is 0 Å². The fourth-order valence-corrected chi connectivity index (χ4v) is 2.71. The molecule has 104 valence electrons. The van der Waals surface area contributed by atoms with Crippen LogP contribution in [0, 0.1) is 0 Å². The van der Waals surface area contributed by atoms with Gasteiger partial charge in [-0.3, -0.25) is 4.79 Å². The molecule has 0 saturated heterocycles. The molecular formula is C17H24O2. The van der Waals surface area contributed by atoms with Crippen molar-refractivity contribution in [2.45, 2.75) is 63.9 Å². The van der Waals surface area contributed by atoms with Crippen LogP contribution in [0.2, 0.25) is 0 Å². The van der Waals surface area contributed by atoms with Gasteiger partial charge in [0.05, 0.1) is 0 Å². The highest BCUT2D eigenvalue weighted by Gasteiger charge is 2.38. The van der Waals surface area contributed by atoms with Crippen LogP contribution in [-0.2, 0) is 16.6 Å². The zero-order chi connectivity index (χ0) is 14.1. The van der Waals surface area contributed by atoms with E-state index in [1.54, 1.807) is 0 Å². The monoisotopic (exact) mass is 260 g/mol. The van der Waals surface area contributed by atoms with Crippen LogP contribution in [0.15, 0.2) is 24.3 Å². The number of ketones is 1. The Hall–Kier alpha value is -1.15. The van der Waals surface area contributed by atoms with Gasteiger partial charge in [-0.1, -0.05) is 45.0 Å². The van der Waals surface area contributed by atoms with Crippen molar-refractivity contribution in [1.29, 1.82) is 0 Å². The summed E-state index contributed by atoms with van der Waals surface area (Å²) in [5.74, 6) is -0.0199. The maximum Gasteiger partial charge on any atom is 0.168 e. The lowest BCUT2D eigenvalue weighted by molar-refractivity contribution is -0.136. The van der Waals surface area contributed by atoms with E-state index in [1.165, 1.54) is 5.56 Å². The molecule has 1 aromatic carbocycles. The van der Waals surface area contributed by atoms with Crippen LogP contribution >= 0.6 is 0 Å². The lowest BCUT2D eigenvalue weighted by Crippen LogP contribution is -2.36. The van der Waals surface area contributed by atoms with Gasteiger partial charge in [-0.05, 0) is 42.2 Å². The molecule has 1 aliphatic carbocycles. The van der Waals surface area contributed by atoms with Gasteiger partial charge in [0.15, 0.2) is 5.78 Å². The molecule has 0 unspecified atom stereocenters. The van der Waals surface area contributed by atoms with Gasteiger partial charge >= 0.3 is 0 Å². The van der Waals surface area contributed by atoms with Crippen LogP contribution in [-0.4, -0.2) is 16.5 Å². The van der Waals surface area contributed by atoms with E-state index in [4.69, 9.17) is 0 Å². The number of carbonyl (C=O) groups is 1. The van der Waals surface area contributed by atoms with E-state index in [0.717, 1.165) is 18.4 Å². The first kappa shape index (κ1) is 14.3. The van der Waals surface area contributed by atoms with Crippen LogP contribution in [0.25, 0.3) is 0 Å². The van der Waals surface area contributed by atoms with Gasteiger partial charge in [0.2, 0.25) is 0 Å². The zero-order valence-electron chi connectivity index (χ0n) is 12.2. The summed E-state index contributed by atoms with van der Waals surface area (Å²) in [5.41, 5.74) is 1.34. The average Bonchev–Trinajstić information content (AvgIpc) is 2.77. The van der Waals surface area contributed by atoms with Gasteiger partial charge in [0.1, 0.15) is 5.60 Å². The second-order valence-corrected chi connectivity index (χ2v) is 6.79. The molecule has 2 heteroatoms. The number of carbonyl (C=O) groups excluding carboxylic acids is 1. The summed E-state index contributed by atoms with van der Waals surface area (Å²) in [6.45, 7) is 6.53. The van der Waals surface area contributed by atoms with E-state index in [-0.39, 0.29) is 11.2 Å². The average molecular weight is 260 g/mol. The van der Waals surface area contributed by atoms with Crippen LogP contribution in [0.5, 0.6) is 0 Å². The fourth-order valence-electron chi connectivity index (χ4n) is 2.71. The molecular weight excluding hydrogens is 236 g/mol. The van der Waals surface area contributed by atoms with Crippen molar-refractivity contribution in [1.82, 2.24) is 0 Å². The molecule has 0 radical (unpaired) electrons. The Kier molecular flexibility index (Phi) is 3.82. The van der Waals surface area contributed by atoms with Crippen molar-refractivity contribution in [2.75, 3.05) is 0 Å². The number of hydrogen-bond acceptors (Lipinski definition) is 2. The Bertz CT molecular complexity index is 445. The van der Waals surface area contributed by atoms with Crippen molar-refractivity contribution in [3.05, 3.63) is 35.4 Å². The number of hydrogen-bond donors (Lipinski definition) is 1. The predicted octanol–water partition coefficient (Wildman–Crippen LogP) is 3.40. The normalized spacial score (nSPS) is 18.5. The van der Waals surface area contributed by atoms with E-state index >= 15 is 0 Å². The second kappa shape index (κ2) is 5.09. The third kappa shape index (κ3) is 3.24. The highest BCUT2D eigenvalue weighted by Crippen LogP contribution is 2.31. The minimum Gasteiger partial charge on any atom is -0.382 e. The van der Waals surface area contributed by atoms with Gasteiger partial charge < -0.3 is 5.11 Å². The molecule has 19 heavy (non-hydrogen) atoms. The molecule has 0 spiro atoms. The van der Waals surface area contributed by atoms with Crippen molar-refractivity contribution in [3.8, 4) is 0 Å². The summed E-state index contributed by atoms with van der Waals surface area (Å²) in [6.07, 6.45) is 3.54. The Balaban J connectivity index is 2.06. The van der Waals surface area contributed by atoms with Crippen molar-refractivity contribution in [2.24, 2.45) is 0 Å². The molecule has 0 aliphatic heterocycles. The molecule has 1 N–H and O–H groups in total. The maximum absolute atomic E-state index is 12.2. The van der Waals surface area contributed by atoms with Crippen molar-refractivity contribution < 1.29 is 9.90 Å². The standard InChI is InChI=1S/C17H24O2/c1-16(2,3)14-8-6-13(7-9-14)12-15(18)17(19)10-4-5-11-17/h6-9,19H,4-5,10-12H2,1-3H3. The summed E-state index contributed by atoms with van der Waals surface area (Å²) >= 11 is 0. The summed E-state index contributed by atoms with van der Waals surface area (Å²) in [5, 5.41) is 10.3. The Morgan fingerprint density at radius 3 is 2.16 bits per heavy atom. The minimum atomic E-state index is -1.05. The molecule has 1 saturated carbocycles. The number of rotatable bonds is 3. The molecule has 0 atom stereocenters. The fraction of sp³-hybridized carbons (Fsp3) is 0.588. The van der Waals surface area contributed by atoms with Gasteiger partial charge in [-0.25, -0.2) is 0 Å². The van der Waals surface area contributed by atoms with E-state index in [1.807, 2.05) is 12.1 Å². The van der Waals surface area contributed by atoms with E-state index < -0.39 is 5.60 Å². The van der Waals surface area contributed by atoms with E-state index in [9.17, 15) is 9.90 Å². The summed E-state index contributed by atoms with van der Waals surface area (Å²) in [6, 6.07) is 8.19. The summed E-state index contributed by atoms with van der Waals surface area (Å²) in [4.78, 5) is 12.2. The van der Waals surface area contributed by atoms with Crippen LogP contribution in [0.1, 0.15) is 57.6 Å². The lowest BCUT2D eigenvalue weighted by atomic mass is 9.85. The second-order valence-electron chi connectivity index (χ2n) is 6.79. The predicted molar refractivity (Wildman–Crippen MR) is 77.3 cm³/mol. The molecule has 0 aromatic heterocycles. The lowest BCUT2D eigenvalue weighted by Gasteiger charge is -2.21.